The summed E-state index contributed by atoms with van der Waals surface area (Å²) >= 11 is 0. The molecular formula is C17H24N3O+. The quantitative estimate of drug-likeness (QED) is 0.942. The Kier molecular flexibility index (Phi) is 4.06. The fourth-order valence-corrected chi connectivity index (χ4v) is 3.26. The van der Waals surface area contributed by atoms with E-state index in [2.05, 4.69) is 43.0 Å². The van der Waals surface area contributed by atoms with Crippen molar-refractivity contribution >= 4 is 0 Å². The van der Waals surface area contributed by atoms with Crippen LogP contribution in [0.5, 0.6) is 0 Å². The molecule has 1 aliphatic heterocycles. The molecule has 2 atom stereocenters. The van der Waals surface area contributed by atoms with Crippen molar-refractivity contribution in [2.75, 3.05) is 0 Å². The summed E-state index contributed by atoms with van der Waals surface area (Å²) in [5, 5.41) is 4.13. The van der Waals surface area contributed by atoms with Crippen LogP contribution in [-0.4, -0.2) is 22.2 Å². The lowest BCUT2D eigenvalue weighted by Crippen LogP contribution is -3.18. The average molecular weight is 286 g/mol. The molecule has 1 fully saturated rings. The van der Waals surface area contributed by atoms with Gasteiger partial charge in [-0.1, -0.05) is 35.0 Å². The molecule has 0 saturated carbocycles. The van der Waals surface area contributed by atoms with E-state index >= 15 is 0 Å². The third-order valence-corrected chi connectivity index (χ3v) is 4.67. The maximum absolute atomic E-state index is 5.47. The van der Waals surface area contributed by atoms with Crippen molar-refractivity contribution in [2.45, 2.75) is 58.7 Å². The van der Waals surface area contributed by atoms with Gasteiger partial charge < -0.3 is 9.42 Å². The molecule has 1 aromatic heterocycles. The van der Waals surface area contributed by atoms with E-state index in [-0.39, 0.29) is 0 Å². The van der Waals surface area contributed by atoms with Crippen molar-refractivity contribution in [3.63, 3.8) is 0 Å². The minimum atomic E-state index is 0.670. The van der Waals surface area contributed by atoms with E-state index in [1.54, 1.807) is 4.90 Å². The highest BCUT2D eigenvalue weighted by Crippen LogP contribution is 2.16. The first-order chi connectivity index (χ1) is 10.1. The van der Waals surface area contributed by atoms with Crippen molar-refractivity contribution in [3.8, 4) is 11.4 Å². The molecule has 3 rings (SSSR count). The van der Waals surface area contributed by atoms with Gasteiger partial charge in [-0.2, -0.15) is 4.98 Å². The molecule has 1 N–H and O–H groups in total. The third-order valence-electron chi connectivity index (χ3n) is 4.67. The predicted molar refractivity (Wildman–Crippen MR) is 81.9 cm³/mol. The number of aromatic nitrogens is 2. The summed E-state index contributed by atoms with van der Waals surface area (Å²) in [5.41, 5.74) is 2.26. The lowest BCUT2D eigenvalue weighted by atomic mass is 9.98. The van der Waals surface area contributed by atoms with Crippen LogP contribution < -0.4 is 4.90 Å². The lowest BCUT2D eigenvalue weighted by Gasteiger charge is -2.34. The first kappa shape index (κ1) is 14.3. The molecule has 0 amide bonds. The molecule has 0 unspecified atom stereocenters. The van der Waals surface area contributed by atoms with Gasteiger partial charge in [0.2, 0.25) is 5.82 Å². The second-order valence-corrected chi connectivity index (χ2v) is 6.36. The van der Waals surface area contributed by atoms with Crippen LogP contribution in [0.2, 0.25) is 0 Å². The van der Waals surface area contributed by atoms with Crippen LogP contribution in [0.25, 0.3) is 11.4 Å². The molecule has 0 aliphatic carbocycles. The maximum atomic E-state index is 5.47. The van der Waals surface area contributed by atoms with Gasteiger partial charge in [0.1, 0.15) is 0 Å². The van der Waals surface area contributed by atoms with Crippen LogP contribution in [0, 0.1) is 6.92 Å². The van der Waals surface area contributed by atoms with Crippen molar-refractivity contribution in [1.82, 2.24) is 10.1 Å². The highest BCUT2D eigenvalue weighted by molar-refractivity contribution is 5.54. The minimum Gasteiger partial charge on any atom is -0.333 e. The maximum Gasteiger partial charge on any atom is 0.282 e. The molecule has 21 heavy (non-hydrogen) atoms. The minimum absolute atomic E-state index is 0.670. The van der Waals surface area contributed by atoms with Crippen LogP contribution >= 0.6 is 0 Å². The van der Waals surface area contributed by atoms with Gasteiger partial charge in [0.05, 0.1) is 12.1 Å². The Morgan fingerprint density at radius 1 is 1.14 bits per heavy atom. The van der Waals surface area contributed by atoms with Gasteiger partial charge in [0.15, 0.2) is 6.54 Å². The molecule has 4 heteroatoms. The standard InChI is InChI=1S/C17H23N3O/c1-12-7-9-15(10-8-12)17-18-16(21-19-17)11-20-13(2)5-4-6-14(20)3/h7-10,13-14H,4-6,11H2,1-3H3/p+1/t13-,14-/m1/s1. The normalized spacial score (nSPS) is 23.4. The lowest BCUT2D eigenvalue weighted by molar-refractivity contribution is -0.965. The molecule has 0 spiro atoms. The number of hydrogen-bond acceptors (Lipinski definition) is 3. The van der Waals surface area contributed by atoms with Crippen LogP contribution in [-0.2, 0) is 6.54 Å². The van der Waals surface area contributed by atoms with Gasteiger partial charge in [-0.15, -0.1) is 0 Å². The Labute approximate surface area is 126 Å². The first-order valence-electron chi connectivity index (χ1n) is 7.88. The van der Waals surface area contributed by atoms with E-state index in [0.29, 0.717) is 17.9 Å². The summed E-state index contributed by atoms with van der Waals surface area (Å²) in [5.74, 6) is 1.45. The Hall–Kier alpha value is -1.68. The zero-order chi connectivity index (χ0) is 14.8. The van der Waals surface area contributed by atoms with E-state index in [0.717, 1.165) is 18.0 Å². The topological polar surface area (TPSA) is 43.4 Å². The van der Waals surface area contributed by atoms with Crippen LogP contribution in [0.1, 0.15) is 44.6 Å². The summed E-state index contributed by atoms with van der Waals surface area (Å²) in [4.78, 5) is 6.14. The second kappa shape index (κ2) is 5.98. The third kappa shape index (κ3) is 3.16. The number of benzene rings is 1. The van der Waals surface area contributed by atoms with E-state index in [4.69, 9.17) is 4.52 Å². The van der Waals surface area contributed by atoms with E-state index in [1.165, 1.54) is 24.8 Å². The molecule has 2 heterocycles. The summed E-state index contributed by atoms with van der Waals surface area (Å²) in [6, 6.07) is 9.58. The number of aryl methyl sites for hydroxylation is 1. The Morgan fingerprint density at radius 2 is 1.81 bits per heavy atom. The average Bonchev–Trinajstić information content (AvgIpc) is 2.92. The van der Waals surface area contributed by atoms with Crippen molar-refractivity contribution in [2.24, 2.45) is 0 Å². The fourth-order valence-electron chi connectivity index (χ4n) is 3.26. The molecule has 4 nitrogen and oxygen atoms in total. The molecule has 0 bridgehead atoms. The van der Waals surface area contributed by atoms with Crippen LogP contribution in [0.15, 0.2) is 28.8 Å². The number of rotatable bonds is 3. The van der Waals surface area contributed by atoms with Crippen LogP contribution in [0.3, 0.4) is 0 Å². The van der Waals surface area contributed by atoms with E-state index in [1.807, 2.05) is 12.1 Å². The molecule has 112 valence electrons. The van der Waals surface area contributed by atoms with Gasteiger partial charge in [0.25, 0.3) is 5.89 Å². The molecule has 1 saturated heterocycles. The first-order valence-corrected chi connectivity index (χ1v) is 7.88. The van der Waals surface area contributed by atoms with Gasteiger partial charge >= 0.3 is 0 Å². The monoisotopic (exact) mass is 286 g/mol. The molecular weight excluding hydrogens is 262 g/mol. The van der Waals surface area contributed by atoms with Gasteiger partial charge in [-0.3, -0.25) is 0 Å². The summed E-state index contributed by atoms with van der Waals surface area (Å²) in [6.07, 6.45) is 3.92. The number of likely N-dealkylation sites (tertiary alicyclic amines) is 1. The summed E-state index contributed by atoms with van der Waals surface area (Å²) < 4.78 is 5.47. The van der Waals surface area contributed by atoms with Gasteiger partial charge in [0, 0.05) is 5.56 Å². The van der Waals surface area contributed by atoms with E-state index in [9.17, 15) is 0 Å². The number of quaternary nitrogens is 1. The number of hydrogen-bond donors (Lipinski definition) is 1. The van der Waals surface area contributed by atoms with Crippen molar-refractivity contribution in [1.29, 1.82) is 0 Å². The van der Waals surface area contributed by atoms with Crippen LogP contribution in [0.4, 0.5) is 0 Å². The Bertz CT molecular complexity index is 580. The number of nitrogens with zero attached hydrogens (tertiary/aromatic N) is 2. The Morgan fingerprint density at radius 3 is 2.48 bits per heavy atom. The number of nitrogens with one attached hydrogen (secondary N) is 1. The zero-order valence-corrected chi connectivity index (χ0v) is 13.1. The Balaban J connectivity index is 1.74. The molecule has 1 aromatic carbocycles. The second-order valence-electron chi connectivity index (χ2n) is 6.36. The van der Waals surface area contributed by atoms with E-state index < -0.39 is 0 Å². The SMILES string of the molecule is Cc1ccc(-c2noc(C[NH+]3[C@H](C)CCC[C@H]3C)n2)cc1. The molecule has 0 radical (unpaired) electrons. The number of piperidine rings is 1. The van der Waals surface area contributed by atoms with Gasteiger partial charge in [-0.25, -0.2) is 0 Å². The van der Waals surface area contributed by atoms with Crippen molar-refractivity contribution in [3.05, 3.63) is 35.7 Å². The largest absolute Gasteiger partial charge is 0.333 e. The predicted octanol–water partition coefficient (Wildman–Crippen LogP) is 2.39. The molecule has 2 aromatic rings. The highest BCUT2D eigenvalue weighted by Gasteiger charge is 2.30. The zero-order valence-electron chi connectivity index (χ0n) is 13.1. The van der Waals surface area contributed by atoms with Crippen molar-refractivity contribution < 1.29 is 9.42 Å². The van der Waals surface area contributed by atoms with Gasteiger partial charge in [-0.05, 0) is 40.0 Å². The summed E-state index contributed by atoms with van der Waals surface area (Å²) in [7, 11) is 0. The summed E-state index contributed by atoms with van der Waals surface area (Å²) in [6.45, 7) is 7.56. The highest BCUT2D eigenvalue weighted by atomic mass is 16.5. The molecule has 1 aliphatic rings. The smallest absolute Gasteiger partial charge is 0.282 e. The fraction of sp³-hybridized carbons (Fsp3) is 0.529.